The summed E-state index contributed by atoms with van der Waals surface area (Å²) in [6.07, 6.45) is 1.57. The first-order valence-electron chi connectivity index (χ1n) is 6.29. The van der Waals surface area contributed by atoms with Gasteiger partial charge < -0.3 is 10.5 Å². The van der Waals surface area contributed by atoms with Gasteiger partial charge in [0.25, 0.3) is 0 Å². The fourth-order valence-electron chi connectivity index (χ4n) is 2.14. The molecule has 0 heterocycles. The lowest BCUT2D eigenvalue weighted by atomic mass is 9.89. The molecule has 0 amide bonds. The molecule has 0 aromatic heterocycles. The number of hydrogen-bond acceptors (Lipinski definition) is 5. The predicted octanol–water partition coefficient (Wildman–Crippen LogP) is 1.28. The minimum Gasteiger partial charge on any atom is -0.462 e. The number of hydrogen-bond donors (Lipinski definition) is 1. The number of ketones is 2. The average molecular weight is 265 g/mol. The van der Waals surface area contributed by atoms with E-state index in [0.29, 0.717) is 25.0 Å². The van der Waals surface area contributed by atoms with E-state index < -0.39 is 17.7 Å². The second kappa shape index (κ2) is 6.31. The standard InChI is InChI=1S/C14H19NO4/c1-4-19-14(18)8(2)12-11(15)7-5-6-10(9(3)16)13(12)17/h10H,2,4-7,15H2,1,3H3. The molecule has 104 valence electrons. The van der Waals surface area contributed by atoms with Crippen molar-refractivity contribution < 1.29 is 19.1 Å². The lowest BCUT2D eigenvalue weighted by Crippen LogP contribution is -2.26. The fraction of sp³-hybridized carbons (Fsp3) is 0.500. The lowest BCUT2D eigenvalue weighted by Gasteiger charge is -2.14. The summed E-state index contributed by atoms with van der Waals surface area (Å²) in [6, 6.07) is 0. The number of esters is 1. The summed E-state index contributed by atoms with van der Waals surface area (Å²) in [5, 5.41) is 0. The second-order valence-corrected chi connectivity index (χ2v) is 4.52. The normalized spacial score (nSPS) is 19.9. The molecule has 2 N–H and O–H groups in total. The van der Waals surface area contributed by atoms with Gasteiger partial charge in [-0.3, -0.25) is 9.59 Å². The number of carbonyl (C=O) groups excluding carboxylic acids is 3. The van der Waals surface area contributed by atoms with Crippen LogP contribution in [0.3, 0.4) is 0 Å². The average Bonchev–Trinajstić information content (AvgIpc) is 2.47. The van der Waals surface area contributed by atoms with E-state index in [4.69, 9.17) is 10.5 Å². The molecule has 0 saturated carbocycles. The number of Topliss-reactive ketones (excluding diaryl/α,β-unsaturated/α-hetero) is 2. The maximum atomic E-state index is 12.3. The molecule has 5 nitrogen and oxygen atoms in total. The highest BCUT2D eigenvalue weighted by atomic mass is 16.5. The summed E-state index contributed by atoms with van der Waals surface area (Å²) in [4.78, 5) is 35.5. The van der Waals surface area contributed by atoms with Gasteiger partial charge in [-0.1, -0.05) is 6.58 Å². The van der Waals surface area contributed by atoms with Crippen LogP contribution in [-0.4, -0.2) is 24.1 Å². The Hall–Kier alpha value is -1.91. The van der Waals surface area contributed by atoms with Crippen LogP contribution < -0.4 is 5.73 Å². The van der Waals surface area contributed by atoms with Crippen LogP contribution in [0.25, 0.3) is 0 Å². The molecule has 0 saturated heterocycles. The van der Waals surface area contributed by atoms with Crippen molar-refractivity contribution in [3.63, 3.8) is 0 Å². The van der Waals surface area contributed by atoms with Crippen molar-refractivity contribution in [2.75, 3.05) is 6.61 Å². The van der Waals surface area contributed by atoms with E-state index in [2.05, 4.69) is 6.58 Å². The van der Waals surface area contributed by atoms with Crippen molar-refractivity contribution in [3.05, 3.63) is 23.4 Å². The number of carbonyl (C=O) groups is 3. The Morgan fingerprint density at radius 3 is 2.63 bits per heavy atom. The molecule has 19 heavy (non-hydrogen) atoms. The molecule has 0 aliphatic heterocycles. The van der Waals surface area contributed by atoms with Crippen LogP contribution in [0, 0.1) is 5.92 Å². The minimum absolute atomic E-state index is 0.0579. The predicted molar refractivity (Wildman–Crippen MR) is 70.0 cm³/mol. The first-order chi connectivity index (χ1) is 8.90. The maximum absolute atomic E-state index is 12.3. The summed E-state index contributed by atoms with van der Waals surface area (Å²) in [7, 11) is 0. The van der Waals surface area contributed by atoms with E-state index in [1.54, 1.807) is 6.92 Å². The van der Waals surface area contributed by atoms with Gasteiger partial charge in [0.1, 0.15) is 5.78 Å². The van der Waals surface area contributed by atoms with E-state index in [-0.39, 0.29) is 23.5 Å². The van der Waals surface area contributed by atoms with Crippen LogP contribution in [0.5, 0.6) is 0 Å². The largest absolute Gasteiger partial charge is 0.462 e. The minimum atomic E-state index is -0.734. The van der Waals surface area contributed by atoms with Crippen molar-refractivity contribution >= 4 is 17.5 Å². The zero-order valence-corrected chi connectivity index (χ0v) is 11.3. The highest BCUT2D eigenvalue weighted by molar-refractivity contribution is 6.17. The third kappa shape index (κ3) is 3.30. The molecule has 1 atom stereocenters. The zero-order valence-electron chi connectivity index (χ0n) is 11.3. The van der Waals surface area contributed by atoms with Gasteiger partial charge in [-0.2, -0.15) is 0 Å². The van der Waals surface area contributed by atoms with Gasteiger partial charge in [0, 0.05) is 5.70 Å². The Morgan fingerprint density at radius 2 is 2.11 bits per heavy atom. The summed E-state index contributed by atoms with van der Waals surface area (Å²) < 4.78 is 4.82. The van der Waals surface area contributed by atoms with E-state index >= 15 is 0 Å². The molecule has 1 unspecified atom stereocenters. The Bertz CT molecular complexity index is 462. The summed E-state index contributed by atoms with van der Waals surface area (Å²) in [6.45, 7) is 6.81. The van der Waals surface area contributed by atoms with Gasteiger partial charge >= 0.3 is 5.97 Å². The molecule has 1 aliphatic rings. The molecule has 0 radical (unpaired) electrons. The van der Waals surface area contributed by atoms with Crippen molar-refractivity contribution in [1.29, 1.82) is 0 Å². The quantitative estimate of drug-likeness (QED) is 0.470. The topological polar surface area (TPSA) is 86.5 Å². The van der Waals surface area contributed by atoms with Crippen molar-refractivity contribution in [3.8, 4) is 0 Å². The number of ether oxygens (including phenoxy) is 1. The van der Waals surface area contributed by atoms with Gasteiger partial charge in [0.2, 0.25) is 0 Å². The summed E-state index contributed by atoms with van der Waals surface area (Å²) in [5.41, 5.74) is 6.17. The first kappa shape index (κ1) is 15.1. The number of allylic oxidation sites excluding steroid dienone is 1. The fourth-order valence-corrected chi connectivity index (χ4v) is 2.14. The van der Waals surface area contributed by atoms with Crippen LogP contribution in [0.1, 0.15) is 33.1 Å². The van der Waals surface area contributed by atoms with Crippen LogP contribution >= 0.6 is 0 Å². The maximum Gasteiger partial charge on any atom is 0.338 e. The Kier molecular flexibility index (Phi) is 5.03. The van der Waals surface area contributed by atoms with Gasteiger partial charge in [-0.25, -0.2) is 4.79 Å². The van der Waals surface area contributed by atoms with Crippen LogP contribution in [0.4, 0.5) is 0 Å². The first-order valence-corrected chi connectivity index (χ1v) is 6.29. The third-order valence-electron chi connectivity index (χ3n) is 3.14. The molecule has 1 rings (SSSR count). The van der Waals surface area contributed by atoms with E-state index in [1.807, 2.05) is 0 Å². The highest BCUT2D eigenvalue weighted by Crippen LogP contribution is 2.28. The van der Waals surface area contributed by atoms with Crippen molar-refractivity contribution in [2.45, 2.75) is 33.1 Å². The van der Waals surface area contributed by atoms with E-state index in [9.17, 15) is 14.4 Å². The molecule has 0 aromatic carbocycles. The number of rotatable bonds is 4. The lowest BCUT2D eigenvalue weighted by molar-refractivity contribution is -0.139. The molecule has 0 aromatic rings. The van der Waals surface area contributed by atoms with Crippen molar-refractivity contribution in [2.24, 2.45) is 11.7 Å². The number of nitrogens with two attached hydrogens (primary N) is 1. The van der Waals surface area contributed by atoms with Gasteiger partial charge in [0.15, 0.2) is 5.78 Å². The monoisotopic (exact) mass is 265 g/mol. The third-order valence-corrected chi connectivity index (χ3v) is 3.14. The molecule has 0 spiro atoms. The van der Waals surface area contributed by atoms with Gasteiger partial charge in [0.05, 0.1) is 23.7 Å². The van der Waals surface area contributed by atoms with Gasteiger partial charge in [-0.05, 0) is 33.1 Å². The SMILES string of the molecule is C=C(C(=O)OCC)C1=C(N)CCCC(C(C)=O)C1=O. The second-order valence-electron chi connectivity index (χ2n) is 4.52. The molecular weight excluding hydrogens is 246 g/mol. The molecular formula is C14H19NO4. The Labute approximate surface area is 112 Å². The molecule has 0 bridgehead atoms. The van der Waals surface area contributed by atoms with Crippen LogP contribution in [0.2, 0.25) is 0 Å². The molecule has 0 fully saturated rings. The highest BCUT2D eigenvalue weighted by Gasteiger charge is 2.33. The molecule has 1 aliphatic carbocycles. The van der Waals surface area contributed by atoms with E-state index in [0.717, 1.165) is 0 Å². The Balaban J connectivity index is 3.12. The summed E-state index contributed by atoms with van der Waals surface area (Å²) >= 11 is 0. The van der Waals surface area contributed by atoms with Crippen LogP contribution in [-0.2, 0) is 19.1 Å². The zero-order chi connectivity index (χ0) is 14.6. The van der Waals surface area contributed by atoms with Crippen LogP contribution in [0.15, 0.2) is 23.4 Å². The summed E-state index contributed by atoms with van der Waals surface area (Å²) in [5.74, 6) is -2.03. The smallest absolute Gasteiger partial charge is 0.338 e. The molecule has 5 heteroatoms. The van der Waals surface area contributed by atoms with Gasteiger partial charge in [-0.15, -0.1) is 0 Å². The Morgan fingerprint density at radius 1 is 1.47 bits per heavy atom. The van der Waals surface area contributed by atoms with Crippen molar-refractivity contribution in [1.82, 2.24) is 0 Å². The van der Waals surface area contributed by atoms with E-state index in [1.165, 1.54) is 6.92 Å².